The maximum Gasteiger partial charge on any atom is 0.207 e. The van der Waals surface area contributed by atoms with Gasteiger partial charge in [-0.2, -0.15) is 0 Å². The van der Waals surface area contributed by atoms with Crippen molar-refractivity contribution in [2.45, 2.75) is 18.9 Å². The number of hydrogen-bond donors (Lipinski definition) is 1. The number of nitrogens with one attached hydrogen (secondary N) is 1. The van der Waals surface area contributed by atoms with Crippen molar-refractivity contribution in [3.8, 4) is 23.0 Å². The average molecular weight is 398 g/mol. The fourth-order valence-electron chi connectivity index (χ4n) is 3.55. The molecule has 2 aromatic carbocycles. The minimum atomic E-state index is 0. The van der Waals surface area contributed by atoms with Crippen molar-refractivity contribution in [2.75, 3.05) is 35.0 Å². The Bertz CT molecular complexity index is 753. The SMILES string of the molecule is COc1cc(CC2NCCc3ccccc32)c(OC)c(OC)c1OC.Cl.O. The molecule has 1 heterocycles. The molecule has 0 saturated carbocycles. The third kappa shape index (κ3) is 4.40. The van der Waals surface area contributed by atoms with Gasteiger partial charge in [-0.1, -0.05) is 24.3 Å². The molecule has 27 heavy (non-hydrogen) atoms. The summed E-state index contributed by atoms with van der Waals surface area (Å²) >= 11 is 0. The van der Waals surface area contributed by atoms with Gasteiger partial charge in [0.05, 0.1) is 28.4 Å². The quantitative estimate of drug-likeness (QED) is 0.810. The van der Waals surface area contributed by atoms with E-state index in [9.17, 15) is 0 Å². The molecular formula is C20H28ClNO5. The molecule has 7 heteroatoms. The summed E-state index contributed by atoms with van der Waals surface area (Å²) < 4.78 is 22.2. The van der Waals surface area contributed by atoms with Crippen molar-refractivity contribution in [3.63, 3.8) is 0 Å². The first-order valence-corrected chi connectivity index (χ1v) is 8.40. The minimum absolute atomic E-state index is 0. The second-order valence-corrected chi connectivity index (χ2v) is 6.00. The van der Waals surface area contributed by atoms with Crippen LogP contribution in [0, 0.1) is 0 Å². The molecule has 1 aliphatic heterocycles. The highest BCUT2D eigenvalue weighted by molar-refractivity contribution is 5.85. The highest BCUT2D eigenvalue weighted by Crippen LogP contribution is 2.47. The molecule has 6 nitrogen and oxygen atoms in total. The minimum Gasteiger partial charge on any atom is -0.493 e. The van der Waals surface area contributed by atoms with Crippen molar-refractivity contribution in [3.05, 3.63) is 47.0 Å². The summed E-state index contributed by atoms with van der Waals surface area (Å²) in [5.74, 6) is 2.43. The molecule has 1 unspecified atom stereocenters. The van der Waals surface area contributed by atoms with E-state index in [1.807, 2.05) is 6.07 Å². The van der Waals surface area contributed by atoms with E-state index in [1.54, 1.807) is 28.4 Å². The monoisotopic (exact) mass is 397 g/mol. The topological polar surface area (TPSA) is 80.5 Å². The van der Waals surface area contributed by atoms with Crippen molar-refractivity contribution >= 4 is 12.4 Å². The highest BCUT2D eigenvalue weighted by atomic mass is 35.5. The van der Waals surface area contributed by atoms with Gasteiger partial charge in [-0.3, -0.25) is 0 Å². The largest absolute Gasteiger partial charge is 0.493 e. The molecule has 0 saturated heterocycles. The zero-order valence-corrected chi connectivity index (χ0v) is 16.9. The number of rotatable bonds is 6. The molecule has 0 spiro atoms. The van der Waals surface area contributed by atoms with Gasteiger partial charge in [0.1, 0.15) is 0 Å². The van der Waals surface area contributed by atoms with E-state index in [0.29, 0.717) is 23.0 Å². The van der Waals surface area contributed by atoms with Gasteiger partial charge >= 0.3 is 0 Å². The molecule has 0 aliphatic carbocycles. The van der Waals surface area contributed by atoms with E-state index in [-0.39, 0.29) is 23.9 Å². The molecule has 0 fully saturated rings. The van der Waals surface area contributed by atoms with Crippen LogP contribution in [0.3, 0.4) is 0 Å². The fourth-order valence-corrected chi connectivity index (χ4v) is 3.55. The lowest BCUT2D eigenvalue weighted by molar-refractivity contribution is 0.302. The first kappa shape index (κ1) is 22.9. The summed E-state index contributed by atoms with van der Waals surface area (Å²) in [5.41, 5.74) is 3.76. The second-order valence-electron chi connectivity index (χ2n) is 6.00. The van der Waals surface area contributed by atoms with Crippen LogP contribution in [0.2, 0.25) is 0 Å². The van der Waals surface area contributed by atoms with E-state index in [2.05, 4.69) is 29.6 Å². The zero-order chi connectivity index (χ0) is 17.8. The maximum absolute atomic E-state index is 5.65. The maximum atomic E-state index is 5.65. The van der Waals surface area contributed by atoms with E-state index >= 15 is 0 Å². The van der Waals surface area contributed by atoms with Crippen LogP contribution in [0.4, 0.5) is 0 Å². The van der Waals surface area contributed by atoms with Gasteiger partial charge in [0.2, 0.25) is 11.5 Å². The Morgan fingerprint density at radius 3 is 2.22 bits per heavy atom. The normalized spacial score (nSPS) is 14.9. The number of halogens is 1. The Kier molecular flexibility index (Phi) is 8.69. The summed E-state index contributed by atoms with van der Waals surface area (Å²) in [6, 6.07) is 10.8. The zero-order valence-electron chi connectivity index (χ0n) is 16.1. The predicted octanol–water partition coefficient (Wildman–Crippen LogP) is 2.75. The summed E-state index contributed by atoms with van der Waals surface area (Å²) in [7, 11) is 6.48. The molecule has 1 aliphatic rings. The Labute approximate surface area is 166 Å². The van der Waals surface area contributed by atoms with E-state index in [0.717, 1.165) is 24.9 Å². The molecular weight excluding hydrogens is 370 g/mol. The first-order chi connectivity index (χ1) is 12.2. The van der Waals surface area contributed by atoms with Gasteiger partial charge in [-0.15, -0.1) is 12.4 Å². The molecule has 0 aromatic heterocycles. The molecule has 2 aromatic rings. The molecule has 0 amide bonds. The standard InChI is InChI=1S/C20H25NO4.ClH.H2O/c1-22-17-12-14(18(23-2)20(25-4)19(17)24-3)11-16-15-8-6-5-7-13(15)9-10-21-16;;/h5-8,12,16,21H,9-11H2,1-4H3;1H;1H2. The van der Waals surface area contributed by atoms with Gasteiger partial charge < -0.3 is 29.7 Å². The van der Waals surface area contributed by atoms with E-state index in [4.69, 9.17) is 18.9 Å². The van der Waals surface area contributed by atoms with Gasteiger partial charge in [0.25, 0.3) is 0 Å². The number of hydrogen-bond acceptors (Lipinski definition) is 5. The van der Waals surface area contributed by atoms with Crippen molar-refractivity contribution in [2.24, 2.45) is 0 Å². The molecule has 0 bridgehead atoms. The summed E-state index contributed by atoms with van der Waals surface area (Å²) in [6.45, 7) is 0.967. The van der Waals surface area contributed by atoms with Crippen molar-refractivity contribution in [1.29, 1.82) is 0 Å². The number of methoxy groups -OCH3 is 4. The van der Waals surface area contributed by atoms with Crippen LogP contribution in [0.5, 0.6) is 23.0 Å². The van der Waals surface area contributed by atoms with E-state index < -0.39 is 0 Å². The fraction of sp³-hybridized carbons (Fsp3) is 0.400. The first-order valence-electron chi connectivity index (χ1n) is 8.40. The van der Waals surface area contributed by atoms with Crippen LogP contribution in [-0.2, 0) is 12.8 Å². The number of benzene rings is 2. The number of fused-ring (bicyclic) bond motifs is 1. The van der Waals surface area contributed by atoms with Gasteiger partial charge in [-0.25, -0.2) is 0 Å². The molecule has 3 rings (SSSR count). The van der Waals surface area contributed by atoms with Gasteiger partial charge in [-0.05, 0) is 36.6 Å². The lowest BCUT2D eigenvalue weighted by Crippen LogP contribution is -2.31. The third-order valence-electron chi connectivity index (χ3n) is 4.71. The molecule has 3 N–H and O–H groups in total. The summed E-state index contributed by atoms with van der Waals surface area (Å²) in [4.78, 5) is 0. The number of ether oxygens (including phenoxy) is 4. The van der Waals surface area contributed by atoms with Crippen LogP contribution in [0.25, 0.3) is 0 Å². The molecule has 0 radical (unpaired) electrons. The van der Waals surface area contributed by atoms with Gasteiger partial charge in [0.15, 0.2) is 11.5 Å². The van der Waals surface area contributed by atoms with Crippen LogP contribution in [-0.4, -0.2) is 40.5 Å². The average Bonchev–Trinajstić information content (AvgIpc) is 2.67. The summed E-state index contributed by atoms with van der Waals surface area (Å²) in [6.07, 6.45) is 1.83. The smallest absolute Gasteiger partial charge is 0.207 e. The van der Waals surface area contributed by atoms with Crippen molar-refractivity contribution < 1.29 is 24.4 Å². The Hall–Kier alpha value is -2.15. The predicted molar refractivity (Wildman–Crippen MR) is 108 cm³/mol. The highest BCUT2D eigenvalue weighted by Gasteiger charge is 2.25. The lowest BCUT2D eigenvalue weighted by atomic mass is 9.90. The lowest BCUT2D eigenvalue weighted by Gasteiger charge is -2.28. The van der Waals surface area contributed by atoms with Crippen molar-refractivity contribution in [1.82, 2.24) is 5.32 Å². The Morgan fingerprint density at radius 2 is 1.59 bits per heavy atom. The summed E-state index contributed by atoms with van der Waals surface area (Å²) in [5, 5.41) is 3.61. The van der Waals surface area contributed by atoms with Crippen LogP contribution >= 0.6 is 12.4 Å². The Balaban J connectivity index is 0.00000182. The van der Waals surface area contributed by atoms with E-state index in [1.165, 1.54) is 11.1 Å². The van der Waals surface area contributed by atoms with Crippen LogP contribution in [0.15, 0.2) is 30.3 Å². The third-order valence-corrected chi connectivity index (χ3v) is 4.71. The molecule has 1 atom stereocenters. The van der Waals surface area contributed by atoms with Crippen LogP contribution < -0.4 is 24.3 Å². The van der Waals surface area contributed by atoms with Crippen LogP contribution in [0.1, 0.15) is 22.7 Å². The Morgan fingerprint density at radius 1 is 0.926 bits per heavy atom. The second kappa shape index (κ2) is 10.3. The van der Waals surface area contributed by atoms with Gasteiger partial charge in [0, 0.05) is 11.6 Å². The molecule has 150 valence electrons.